The average molecular weight is 254 g/mol. The largest absolute Gasteiger partial charge is 0.374 e. The highest BCUT2D eigenvalue weighted by Crippen LogP contribution is 2.13. The number of aromatic nitrogens is 1. The minimum absolute atomic E-state index is 0.553. The van der Waals surface area contributed by atoms with Gasteiger partial charge in [-0.2, -0.15) is 0 Å². The van der Waals surface area contributed by atoms with Crippen LogP contribution in [-0.4, -0.2) is 24.2 Å². The van der Waals surface area contributed by atoms with Gasteiger partial charge in [0.15, 0.2) is 0 Å². The second-order valence-corrected chi connectivity index (χ2v) is 5.59. The van der Waals surface area contributed by atoms with Gasteiger partial charge in [0, 0.05) is 11.4 Å². The van der Waals surface area contributed by atoms with Gasteiger partial charge in [-0.1, -0.05) is 13.3 Å². The second kappa shape index (κ2) is 7.09. The van der Waals surface area contributed by atoms with Crippen molar-refractivity contribution in [3.63, 3.8) is 0 Å². The highest BCUT2D eigenvalue weighted by Gasteiger charge is 2.12. The number of aryl methyl sites for hydroxylation is 1. The van der Waals surface area contributed by atoms with Gasteiger partial charge < -0.3 is 10.1 Å². The topological polar surface area (TPSA) is 34.1 Å². The fourth-order valence-electron chi connectivity index (χ4n) is 2.12. The van der Waals surface area contributed by atoms with Crippen molar-refractivity contribution in [3.05, 3.63) is 16.1 Å². The van der Waals surface area contributed by atoms with Crippen molar-refractivity contribution >= 4 is 11.3 Å². The van der Waals surface area contributed by atoms with E-state index >= 15 is 0 Å². The van der Waals surface area contributed by atoms with Gasteiger partial charge in [-0.3, -0.25) is 0 Å². The van der Waals surface area contributed by atoms with Crippen molar-refractivity contribution < 1.29 is 4.74 Å². The third-order valence-electron chi connectivity index (χ3n) is 3.04. The number of nitrogens with one attached hydrogen (secondary N) is 1. The van der Waals surface area contributed by atoms with Crippen LogP contribution in [0.2, 0.25) is 0 Å². The molecule has 1 fully saturated rings. The van der Waals surface area contributed by atoms with E-state index < -0.39 is 0 Å². The molecule has 1 saturated heterocycles. The fraction of sp³-hybridized carbons (Fsp3) is 0.769. The maximum Gasteiger partial charge on any atom is 0.0929 e. The summed E-state index contributed by atoms with van der Waals surface area (Å²) in [6, 6.07) is 0.553. The quantitative estimate of drug-likeness (QED) is 0.847. The third kappa shape index (κ3) is 4.37. The van der Waals surface area contributed by atoms with Gasteiger partial charge in [0.2, 0.25) is 0 Å². The molecule has 0 saturated carbocycles. The van der Waals surface area contributed by atoms with Gasteiger partial charge in [-0.05, 0) is 32.2 Å². The minimum atomic E-state index is 0.553. The zero-order chi connectivity index (χ0) is 11.9. The number of rotatable bonds is 6. The monoisotopic (exact) mass is 254 g/mol. The van der Waals surface area contributed by atoms with Crippen molar-refractivity contribution in [3.8, 4) is 0 Å². The number of hydrogen-bond donors (Lipinski definition) is 1. The molecule has 0 amide bonds. The lowest BCUT2D eigenvalue weighted by atomic mass is 10.1. The molecule has 4 heteroatoms. The Morgan fingerprint density at radius 3 is 3.24 bits per heavy atom. The Kier molecular flexibility index (Phi) is 5.42. The molecule has 2 heterocycles. The Hall–Kier alpha value is -0.450. The Labute approximate surface area is 108 Å². The van der Waals surface area contributed by atoms with Crippen LogP contribution >= 0.6 is 11.3 Å². The molecule has 1 aliphatic heterocycles. The van der Waals surface area contributed by atoms with E-state index in [1.54, 1.807) is 11.3 Å². The molecule has 1 atom stereocenters. The molecule has 0 aliphatic carbocycles. The van der Waals surface area contributed by atoms with Crippen LogP contribution in [0, 0.1) is 0 Å². The molecular weight excluding hydrogens is 232 g/mol. The molecule has 0 aromatic carbocycles. The normalized spacial score (nSPS) is 20.6. The summed E-state index contributed by atoms with van der Waals surface area (Å²) >= 11 is 1.75. The maximum atomic E-state index is 5.73. The summed E-state index contributed by atoms with van der Waals surface area (Å²) in [5.74, 6) is 0. The first-order valence-corrected chi connectivity index (χ1v) is 7.51. The van der Waals surface area contributed by atoms with Crippen LogP contribution in [0.15, 0.2) is 5.38 Å². The molecule has 96 valence electrons. The summed E-state index contributed by atoms with van der Waals surface area (Å²) < 4.78 is 5.73. The van der Waals surface area contributed by atoms with Gasteiger partial charge in [0.25, 0.3) is 0 Å². The third-order valence-corrected chi connectivity index (χ3v) is 4.00. The molecule has 1 aromatic rings. The first kappa shape index (κ1) is 13.0. The second-order valence-electron chi connectivity index (χ2n) is 4.64. The number of hydrogen-bond acceptors (Lipinski definition) is 4. The smallest absolute Gasteiger partial charge is 0.0929 e. The molecule has 1 unspecified atom stereocenters. The van der Waals surface area contributed by atoms with E-state index in [2.05, 4.69) is 22.6 Å². The van der Waals surface area contributed by atoms with Crippen molar-refractivity contribution in [1.29, 1.82) is 0 Å². The Bertz CT molecular complexity index is 321. The van der Waals surface area contributed by atoms with E-state index in [0.717, 1.165) is 25.3 Å². The maximum absolute atomic E-state index is 5.73. The minimum Gasteiger partial charge on any atom is -0.374 e. The summed E-state index contributed by atoms with van der Waals surface area (Å²) in [6.07, 6.45) is 6.15. The number of nitrogens with zero attached hydrogens (tertiary/aromatic N) is 1. The van der Waals surface area contributed by atoms with Crippen molar-refractivity contribution in [2.75, 3.05) is 13.2 Å². The summed E-state index contributed by atoms with van der Waals surface area (Å²) in [7, 11) is 0. The van der Waals surface area contributed by atoms with E-state index in [0.29, 0.717) is 12.6 Å². The van der Waals surface area contributed by atoms with Gasteiger partial charge in [0.05, 0.1) is 23.9 Å². The Balaban J connectivity index is 1.66. The SMILES string of the molecule is CCCc1nc(COCC2CCCCN2)cs1. The number of ether oxygens (including phenoxy) is 1. The van der Waals surface area contributed by atoms with Crippen LogP contribution in [-0.2, 0) is 17.8 Å². The molecule has 0 bridgehead atoms. The van der Waals surface area contributed by atoms with Crippen LogP contribution in [0.5, 0.6) is 0 Å². The van der Waals surface area contributed by atoms with Crippen LogP contribution < -0.4 is 5.32 Å². The highest BCUT2D eigenvalue weighted by atomic mass is 32.1. The van der Waals surface area contributed by atoms with E-state index in [1.807, 2.05) is 0 Å². The number of thiazole rings is 1. The summed E-state index contributed by atoms with van der Waals surface area (Å²) in [5.41, 5.74) is 1.09. The molecular formula is C13H22N2OS. The van der Waals surface area contributed by atoms with Gasteiger partial charge in [-0.25, -0.2) is 4.98 Å². The Morgan fingerprint density at radius 1 is 1.53 bits per heavy atom. The van der Waals surface area contributed by atoms with E-state index in [1.165, 1.54) is 30.7 Å². The first-order valence-electron chi connectivity index (χ1n) is 6.63. The highest BCUT2D eigenvalue weighted by molar-refractivity contribution is 7.09. The molecule has 0 radical (unpaired) electrons. The summed E-state index contributed by atoms with van der Waals surface area (Å²) in [4.78, 5) is 4.56. The van der Waals surface area contributed by atoms with Crippen molar-refractivity contribution in [2.24, 2.45) is 0 Å². The van der Waals surface area contributed by atoms with Gasteiger partial charge >= 0.3 is 0 Å². The Morgan fingerprint density at radius 2 is 2.47 bits per heavy atom. The summed E-state index contributed by atoms with van der Waals surface area (Å²) in [5, 5.41) is 6.85. The van der Waals surface area contributed by atoms with Crippen LogP contribution in [0.1, 0.15) is 43.3 Å². The predicted octanol–water partition coefficient (Wildman–Crippen LogP) is 2.75. The molecule has 1 aromatic heterocycles. The lowest BCUT2D eigenvalue weighted by molar-refractivity contribution is 0.0893. The average Bonchev–Trinajstić information content (AvgIpc) is 2.79. The fourth-order valence-corrected chi connectivity index (χ4v) is 3.00. The predicted molar refractivity (Wildman–Crippen MR) is 71.4 cm³/mol. The van der Waals surface area contributed by atoms with Crippen molar-refractivity contribution in [1.82, 2.24) is 10.3 Å². The van der Waals surface area contributed by atoms with Crippen molar-refractivity contribution in [2.45, 2.75) is 51.7 Å². The van der Waals surface area contributed by atoms with Crippen LogP contribution in [0.3, 0.4) is 0 Å². The van der Waals surface area contributed by atoms with E-state index in [9.17, 15) is 0 Å². The molecule has 3 nitrogen and oxygen atoms in total. The van der Waals surface area contributed by atoms with Gasteiger partial charge in [0.1, 0.15) is 0 Å². The van der Waals surface area contributed by atoms with Crippen LogP contribution in [0.25, 0.3) is 0 Å². The molecule has 1 aliphatic rings. The standard InChI is InChI=1S/C13H22N2OS/c1-2-5-13-15-12(10-17-13)9-16-8-11-6-3-4-7-14-11/h10-11,14H,2-9H2,1H3. The summed E-state index contributed by atoms with van der Waals surface area (Å²) in [6.45, 7) is 4.82. The van der Waals surface area contributed by atoms with E-state index in [-0.39, 0.29) is 0 Å². The molecule has 17 heavy (non-hydrogen) atoms. The molecule has 2 rings (SSSR count). The zero-order valence-corrected chi connectivity index (χ0v) is 11.4. The first-order chi connectivity index (χ1) is 8.38. The lowest BCUT2D eigenvalue weighted by Gasteiger charge is -2.22. The van der Waals surface area contributed by atoms with E-state index in [4.69, 9.17) is 4.74 Å². The zero-order valence-electron chi connectivity index (χ0n) is 10.6. The molecule has 1 N–H and O–H groups in total. The van der Waals surface area contributed by atoms with Gasteiger partial charge in [-0.15, -0.1) is 11.3 Å². The van der Waals surface area contributed by atoms with Crippen LogP contribution in [0.4, 0.5) is 0 Å². The number of piperidine rings is 1. The lowest BCUT2D eigenvalue weighted by Crippen LogP contribution is -2.37. The molecule has 0 spiro atoms.